The van der Waals surface area contributed by atoms with Crippen LogP contribution in [-0.4, -0.2) is 44.8 Å². The lowest BCUT2D eigenvalue weighted by atomic mass is 9.92. The van der Waals surface area contributed by atoms with Gasteiger partial charge < -0.3 is 28.4 Å². The second-order valence-corrected chi connectivity index (χ2v) is 17.3. The van der Waals surface area contributed by atoms with Gasteiger partial charge in [0.25, 0.3) is 0 Å². The second-order valence-electron chi connectivity index (χ2n) is 17.3. The molecule has 8 heteroatoms. The molecule has 0 aliphatic heterocycles. The topological polar surface area (TPSA) is 89.5 Å². The Morgan fingerprint density at radius 1 is 0.415 bits per heavy atom. The van der Waals surface area contributed by atoms with E-state index in [2.05, 4.69) is 52.8 Å². The van der Waals surface area contributed by atoms with Crippen molar-refractivity contribution in [3.63, 3.8) is 0 Å². The first-order chi connectivity index (χ1) is 31.9. The molecule has 0 atom stereocenters. The van der Waals surface area contributed by atoms with E-state index in [1.54, 1.807) is 24.3 Å². The maximum Gasteiger partial charge on any atom is 0.344 e. The van der Waals surface area contributed by atoms with Crippen LogP contribution in [0.4, 0.5) is 0 Å². The molecule has 0 amide bonds. The van der Waals surface area contributed by atoms with Crippen molar-refractivity contribution in [3.8, 4) is 45.6 Å². The third-order valence-electron chi connectivity index (χ3n) is 12.3. The predicted octanol–water partition coefficient (Wildman–Crippen LogP) is 15.4. The number of unbranched alkanes of at least 4 members (excludes halogenated alkanes) is 10. The van der Waals surface area contributed by atoms with Crippen molar-refractivity contribution in [2.24, 2.45) is 0 Å². The molecule has 0 aromatic heterocycles. The van der Waals surface area contributed by atoms with Crippen LogP contribution in [0.5, 0.6) is 34.5 Å². The van der Waals surface area contributed by atoms with Gasteiger partial charge in [-0.05, 0) is 107 Å². The minimum absolute atomic E-state index is 0.0999. The van der Waals surface area contributed by atoms with Gasteiger partial charge in [0.2, 0.25) is 0 Å². The number of carbonyl (C=O) groups is 2. The van der Waals surface area contributed by atoms with Crippen LogP contribution in [0, 0.1) is 0 Å². The summed E-state index contributed by atoms with van der Waals surface area (Å²) >= 11 is 0. The van der Waals surface area contributed by atoms with Crippen LogP contribution < -0.4 is 28.4 Å². The van der Waals surface area contributed by atoms with Gasteiger partial charge in [0, 0.05) is 22.1 Å². The summed E-state index contributed by atoms with van der Waals surface area (Å²) in [4.78, 5) is 28.1. The maximum atomic E-state index is 14.6. The number of hydrogen-bond acceptors (Lipinski definition) is 8. The number of rotatable bonds is 27. The summed E-state index contributed by atoms with van der Waals surface area (Å²) in [7, 11) is 0. The zero-order chi connectivity index (χ0) is 45.5. The minimum Gasteiger partial charge on any atom is -0.490 e. The van der Waals surface area contributed by atoms with Gasteiger partial charge in [-0.2, -0.15) is 0 Å². The molecule has 0 heterocycles. The molecule has 1 aliphatic carbocycles. The fraction of sp³-hybridized carbons (Fsp3) is 0.439. The molecule has 344 valence electrons. The number of carbonyl (C=O) groups excluding carboxylic acids is 2. The summed E-state index contributed by atoms with van der Waals surface area (Å²) in [5.74, 6) is 2.84. The Balaban J connectivity index is 1.47. The van der Waals surface area contributed by atoms with Crippen molar-refractivity contribution in [1.29, 1.82) is 0 Å². The molecule has 7 rings (SSSR count). The van der Waals surface area contributed by atoms with Gasteiger partial charge in [-0.25, -0.2) is 4.79 Å². The van der Waals surface area contributed by atoms with Crippen LogP contribution in [-0.2, 0) is 0 Å². The molecule has 0 saturated heterocycles. The fourth-order valence-electron chi connectivity index (χ4n) is 8.79. The van der Waals surface area contributed by atoms with Crippen LogP contribution >= 0.6 is 0 Å². The van der Waals surface area contributed by atoms with Gasteiger partial charge in [-0.1, -0.05) is 135 Å². The minimum atomic E-state index is -0.570. The molecular formula is C57H68O8. The van der Waals surface area contributed by atoms with Gasteiger partial charge >= 0.3 is 5.97 Å². The van der Waals surface area contributed by atoms with E-state index in [-0.39, 0.29) is 11.5 Å². The van der Waals surface area contributed by atoms with E-state index in [0.29, 0.717) is 84.0 Å². The standard InChI is InChI=1S/C57H68O8/c1-6-11-18-30-60-48-29-28-40-44-35-49(61-31-19-12-7-2)50(62-32-20-13-8-3)36-45(44)46-37-52(51(63-33-21-14-9-4)38-47(46)54(40)56(48)64-34-22-15-10-5)65-57(59)43-27-23-26-42-53(43)39-24-16-17-25-41(39)55(42)58/h16-17,23-29,35-38H,6-15,18-22,30-34H2,1-5H3. The highest BCUT2D eigenvalue weighted by atomic mass is 16.6. The molecule has 0 saturated carbocycles. The summed E-state index contributed by atoms with van der Waals surface area (Å²) in [6, 6.07) is 25.0. The van der Waals surface area contributed by atoms with Crippen molar-refractivity contribution in [2.45, 2.75) is 131 Å². The molecule has 6 aromatic rings. The highest BCUT2D eigenvalue weighted by Crippen LogP contribution is 2.50. The number of hydrogen-bond donors (Lipinski definition) is 0. The third kappa shape index (κ3) is 10.9. The van der Waals surface area contributed by atoms with Gasteiger partial charge in [0.1, 0.15) is 0 Å². The van der Waals surface area contributed by atoms with E-state index < -0.39 is 5.97 Å². The summed E-state index contributed by atoms with van der Waals surface area (Å²) in [5, 5.41) is 5.49. The number of ether oxygens (including phenoxy) is 6. The fourth-order valence-corrected chi connectivity index (χ4v) is 8.79. The average molecular weight is 881 g/mol. The van der Waals surface area contributed by atoms with Crippen molar-refractivity contribution in [3.05, 3.63) is 95.6 Å². The first kappa shape index (κ1) is 47.2. The smallest absolute Gasteiger partial charge is 0.344 e. The van der Waals surface area contributed by atoms with Gasteiger partial charge in [-0.3, -0.25) is 4.79 Å². The Kier molecular flexibility index (Phi) is 17.0. The highest BCUT2D eigenvalue weighted by molar-refractivity contribution is 6.28. The quantitative estimate of drug-likeness (QED) is 0.0218. The molecule has 0 radical (unpaired) electrons. The SMILES string of the molecule is CCCCCOc1cc2c(cc1OCCCCC)c1ccc(OCCCCC)c(OCCCCC)c1c1cc(OCCCCC)c(OC(=O)c3cccc4c3-c3ccccc3C4=O)cc21. The maximum absolute atomic E-state index is 14.6. The molecule has 65 heavy (non-hydrogen) atoms. The molecule has 0 spiro atoms. The largest absolute Gasteiger partial charge is 0.490 e. The summed E-state index contributed by atoms with van der Waals surface area (Å²) in [6.07, 6.45) is 15.2. The Labute approximate surface area is 385 Å². The van der Waals surface area contributed by atoms with Crippen molar-refractivity contribution in [1.82, 2.24) is 0 Å². The van der Waals surface area contributed by atoms with E-state index in [9.17, 15) is 9.59 Å². The normalized spacial score (nSPS) is 11.9. The second kappa shape index (κ2) is 23.4. The highest BCUT2D eigenvalue weighted by Gasteiger charge is 2.31. The molecule has 0 fully saturated rings. The number of esters is 1. The van der Waals surface area contributed by atoms with E-state index in [1.807, 2.05) is 36.4 Å². The lowest BCUT2D eigenvalue weighted by Gasteiger charge is -2.21. The Morgan fingerprint density at radius 3 is 1.43 bits per heavy atom. The summed E-state index contributed by atoms with van der Waals surface area (Å²) in [5.41, 5.74) is 2.71. The van der Waals surface area contributed by atoms with E-state index >= 15 is 0 Å². The molecular weight excluding hydrogens is 813 g/mol. The molecule has 0 N–H and O–H groups in total. The molecule has 8 nitrogen and oxygen atoms in total. The van der Waals surface area contributed by atoms with E-state index in [4.69, 9.17) is 28.4 Å². The summed E-state index contributed by atoms with van der Waals surface area (Å²) in [6.45, 7) is 13.6. The number of fused-ring (bicyclic) bond motifs is 9. The van der Waals surface area contributed by atoms with Crippen molar-refractivity contribution >= 4 is 44.1 Å². The zero-order valence-electron chi connectivity index (χ0n) is 39.4. The monoisotopic (exact) mass is 880 g/mol. The number of ketones is 1. The Bertz CT molecular complexity index is 2560. The van der Waals surface area contributed by atoms with E-state index in [1.165, 1.54) is 0 Å². The summed E-state index contributed by atoms with van der Waals surface area (Å²) < 4.78 is 39.7. The van der Waals surface area contributed by atoms with Crippen LogP contribution in [0.25, 0.3) is 43.4 Å². The molecule has 1 aliphatic rings. The first-order valence-electron chi connectivity index (χ1n) is 24.6. The molecule has 0 bridgehead atoms. The van der Waals surface area contributed by atoms with Crippen LogP contribution in [0.15, 0.2) is 78.9 Å². The number of benzene rings is 6. The zero-order valence-corrected chi connectivity index (χ0v) is 39.4. The van der Waals surface area contributed by atoms with Gasteiger partial charge in [-0.15, -0.1) is 0 Å². The van der Waals surface area contributed by atoms with Crippen molar-refractivity contribution < 1.29 is 38.0 Å². The van der Waals surface area contributed by atoms with Gasteiger partial charge in [0.05, 0.1) is 38.6 Å². The van der Waals surface area contributed by atoms with Crippen molar-refractivity contribution in [2.75, 3.05) is 33.0 Å². The van der Waals surface area contributed by atoms with Crippen LogP contribution in [0.2, 0.25) is 0 Å². The first-order valence-corrected chi connectivity index (χ1v) is 24.6. The van der Waals surface area contributed by atoms with E-state index in [0.717, 1.165) is 134 Å². The molecule has 0 unspecified atom stereocenters. The lowest BCUT2D eigenvalue weighted by molar-refractivity contribution is 0.0729. The third-order valence-corrected chi connectivity index (χ3v) is 12.3. The lowest BCUT2D eigenvalue weighted by Crippen LogP contribution is -2.12. The predicted molar refractivity (Wildman–Crippen MR) is 264 cm³/mol. The Morgan fingerprint density at radius 2 is 0.862 bits per heavy atom. The Hall–Kier alpha value is -5.76. The molecule has 6 aromatic carbocycles. The van der Waals surface area contributed by atoms with Crippen LogP contribution in [0.3, 0.4) is 0 Å². The van der Waals surface area contributed by atoms with Gasteiger partial charge in [0.15, 0.2) is 40.3 Å². The average Bonchev–Trinajstić information content (AvgIpc) is 3.62. The van der Waals surface area contributed by atoms with Crippen LogP contribution in [0.1, 0.15) is 157 Å².